The van der Waals surface area contributed by atoms with Crippen molar-refractivity contribution in [3.8, 4) is 0 Å². The highest BCUT2D eigenvalue weighted by Crippen LogP contribution is 2.34. The highest BCUT2D eigenvalue weighted by atomic mass is 32.1. The Morgan fingerprint density at radius 1 is 1.32 bits per heavy atom. The Labute approximate surface area is 116 Å². The lowest BCUT2D eigenvalue weighted by molar-refractivity contribution is 0.609. The van der Waals surface area contributed by atoms with Gasteiger partial charge in [0.15, 0.2) is 0 Å². The molecule has 1 aliphatic rings. The molecule has 1 aromatic heterocycles. The second-order valence-corrected chi connectivity index (χ2v) is 5.95. The molecule has 2 N–H and O–H groups in total. The van der Waals surface area contributed by atoms with Crippen LogP contribution in [0.5, 0.6) is 0 Å². The maximum atomic E-state index is 13.9. The minimum atomic E-state index is -0.197. The van der Waals surface area contributed by atoms with Gasteiger partial charge in [0.25, 0.3) is 0 Å². The summed E-state index contributed by atoms with van der Waals surface area (Å²) in [5.74, 6) is -0.197. The van der Waals surface area contributed by atoms with Gasteiger partial charge >= 0.3 is 0 Å². The molecule has 1 saturated carbocycles. The van der Waals surface area contributed by atoms with Gasteiger partial charge in [0.1, 0.15) is 5.82 Å². The predicted molar refractivity (Wildman–Crippen MR) is 77.8 cm³/mol. The van der Waals surface area contributed by atoms with E-state index in [9.17, 15) is 4.39 Å². The number of anilines is 1. The molecule has 100 valence electrons. The van der Waals surface area contributed by atoms with E-state index < -0.39 is 0 Å². The van der Waals surface area contributed by atoms with Crippen molar-refractivity contribution in [2.45, 2.75) is 32.0 Å². The zero-order chi connectivity index (χ0) is 13.2. The topological polar surface area (TPSA) is 29.3 Å². The minimum absolute atomic E-state index is 0.197. The fourth-order valence-electron chi connectivity index (χ4n) is 2.27. The van der Waals surface area contributed by atoms with Crippen molar-refractivity contribution >= 4 is 17.0 Å². The Bertz CT molecular complexity index is 549. The average Bonchev–Trinajstić information content (AvgIpc) is 3.13. The number of halogens is 1. The number of hydrogen-bond acceptors (Lipinski definition) is 3. The first-order valence-corrected chi connectivity index (χ1v) is 7.43. The van der Waals surface area contributed by atoms with Gasteiger partial charge in [-0.05, 0) is 36.4 Å². The van der Waals surface area contributed by atoms with Crippen molar-refractivity contribution in [1.29, 1.82) is 0 Å². The van der Waals surface area contributed by atoms with Crippen LogP contribution in [-0.4, -0.2) is 6.04 Å². The number of nitrogens with two attached hydrogens (primary N) is 1. The fraction of sp³-hybridized carbons (Fsp3) is 0.333. The summed E-state index contributed by atoms with van der Waals surface area (Å²) >= 11 is 1.75. The van der Waals surface area contributed by atoms with Gasteiger partial charge in [0.2, 0.25) is 0 Å². The van der Waals surface area contributed by atoms with Crippen LogP contribution in [0.2, 0.25) is 0 Å². The summed E-state index contributed by atoms with van der Waals surface area (Å²) in [6.07, 6.45) is 2.40. The van der Waals surface area contributed by atoms with Gasteiger partial charge in [-0.25, -0.2) is 4.39 Å². The van der Waals surface area contributed by atoms with E-state index in [0.29, 0.717) is 11.6 Å². The van der Waals surface area contributed by atoms with Gasteiger partial charge < -0.3 is 10.6 Å². The highest BCUT2D eigenvalue weighted by Gasteiger charge is 2.29. The third kappa shape index (κ3) is 2.80. The highest BCUT2D eigenvalue weighted by molar-refractivity contribution is 7.09. The Morgan fingerprint density at radius 2 is 2.16 bits per heavy atom. The minimum Gasteiger partial charge on any atom is -0.363 e. The fourth-order valence-corrected chi connectivity index (χ4v) is 2.97. The van der Waals surface area contributed by atoms with E-state index in [4.69, 9.17) is 5.73 Å². The summed E-state index contributed by atoms with van der Waals surface area (Å²) in [7, 11) is 0. The molecule has 4 heteroatoms. The van der Waals surface area contributed by atoms with Gasteiger partial charge in [0, 0.05) is 28.7 Å². The quantitative estimate of drug-likeness (QED) is 0.905. The molecule has 1 fully saturated rings. The van der Waals surface area contributed by atoms with Crippen LogP contribution in [0.3, 0.4) is 0 Å². The Hall–Kier alpha value is -1.39. The van der Waals surface area contributed by atoms with Crippen LogP contribution in [-0.2, 0) is 13.1 Å². The third-order valence-corrected chi connectivity index (χ3v) is 4.34. The predicted octanol–water partition coefficient (Wildman–Crippen LogP) is 3.51. The third-order valence-electron chi connectivity index (χ3n) is 3.48. The number of benzene rings is 1. The lowest BCUT2D eigenvalue weighted by atomic mass is 10.1. The molecule has 0 amide bonds. The zero-order valence-electron chi connectivity index (χ0n) is 10.7. The molecule has 0 saturated heterocycles. The van der Waals surface area contributed by atoms with Crippen LogP contribution < -0.4 is 10.6 Å². The molecule has 2 aromatic rings. The Morgan fingerprint density at radius 3 is 2.74 bits per heavy atom. The van der Waals surface area contributed by atoms with E-state index in [1.165, 1.54) is 17.7 Å². The van der Waals surface area contributed by atoms with E-state index in [-0.39, 0.29) is 12.4 Å². The van der Waals surface area contributed by atoms with Gasteiger partial charge in [-0.2, -0.15) is 0 Å². The normalized spacial score (nSPS) is 14.6. The van der Waals surface area contributed by atoms with Crippen LogP contribution in [0.15, 0.2) is 35.7 Å². The van der Waals surface area contributed by atoms with Gasteiger partial charge in [0.05, 0.1) is 6.54 Å². The van der Waals surface area contributed by atoms with Crippen molar-refractivity contribution < 1.29 is 4.39 Å². The Kier molecular flexibility index (Phi) is 3.53. The molecule has 1 aliphatic carbocycles. The summed E-state index contributed by atoms with van der Waals surface area (Å²) in [4.78, 5) is 3.62. The SMILES string of the molecule is NCc1ccc(N(Cc2cccs2)C2CC2)cc1F. The first kappa shape index (κ1) is 12.6. The zero-order valence-corrected chi connectivity index (χ0v) is 11.5. The second kappa shape index (κ2) is 5.31. The van der Waals surface area contributed by atoms with Gasteiger partial charge in [-0.15, -0.1) is 11.3 Å². The molecule has 0 unspecified atom stereocenters. The monoisotopic (exact) mass is 276 g/mol. The van der Waals surface area contributed by atoms with Crippen molar-refractivity contribution in [1.82, 2.24) is 0 Å². The summed E-state index contributed by atoms with van der Waals surface area (Å²) in [5.41, 5.74) is 7.05. The molecule has 19 heavy (non-hydrogen) atoms. The van der Waals surface area contributed by atoms with Crippen molar-refractivity contribution in [2.24, 2.45) is 5.73 Å². The summed E-state index contributed by atoms with van der Waals surface area (Å²) in [6, 6.07) is 10.2. The van der Waals surface area contributed by atoms with E-state index in [1.54, 1.807) is 23.5 Å². The first-order chi connectivity index (χ1) is 9.28. The van der Waals surface area contributed by atoms with Crippen LogP contribution in [0.4, 0.5) is 10.1 Å². The molecule has 1 heterocycles. The van der Waals surface area contributed by atoms with E-state index in [0.717, 1.165) is 12.2 Å². The lowest BCUT2D eigenvalue weighted by Crippen LogP contribution is -2.24. The molecule has 0 spiro atoms. The van der Waals surface area contributed by atoms with Gasteiger partial charge in [-0.3, -0.25) is 0 Å². The van der Waals surface area contributed by atoms with E-state index in [1.807, 2.05) is 6.07 Å². The molecule has 0 bridgehead atoms. The smallest absolute Gasteiger partial charge is 0.129 e. The molecular weight excluding hydrogens is 259 g/mol. The maximum Gasteiger partial charge on any atom is 0.129 e. The number of nitrogens with zero attached hydrogens (tertiary/aromatic N) is 1. The number of thiophene rings is 1. The van der Waals surface area contributed by atoms with Crippen molar-refractivity contribution in [3.05, 3.63) is 52.0 Å². The van der Waals surface area contributed by atoms with Gasteiger partial charge in [-0.1, -0.05) is 12.1 Å². The number of rotatable bonds is 5. The molecule has 0 aliphatic heterocycles. The van der Waals surface area contributed by atoms with E-state index >= 15 is 0 Å². The summed E-state index contributed by atoms with van der Waals surface area (Å²) in [5, 5.41) is 2.08. The van der Waals surface area contributed by atoms with Crippen molar-refractivity contribution in [2.75, 3.05) is 4.90 Å². The maximum absolute atomic E-state index is 13.9. The molecule has 1 aromatic carbocycles. The van der Waals surface area contributed by atoms with Crippen LogP contribution in [0.25, 0.3) is 0 Å². The molecule has 0 atom stereocenters. The first-order valence-electron chi connectivity index (χ1n) is 6.55. The number of hydrogen-bond donors (Lipinski definition) is 1. The molecule has 2 nitrogen and oxygen atoms in total. The van der Waals surface area contributed by atoms with Crippen LogP contribution in [0, 0.1) is 5.82 Å². The molecular formula is C15H17FN2S. The van der Waals surface area contributed by atoms with Crippen LogP contribution in [0.1, 0.15) is 23.3 Å². The summed E-state index contributed by atoms with van der Waals surface area (Å²) in [6.45, 7) is 1.12. The largest absolute Gasteiger partial charge is 0.363 e. The summed E-state index contributed by atoms with van der Waals surface area (Å²) < 4.78 is 13.9. The second-order valence-electron chi connectivity index (χ2n) is 4.92. The van der Waals surface area contributed by atoms with Crippen LogP contribution >= 0.6 is 11.3 Å². The Balaban J connectivity index is 1.85. The standard InChI is InChI=1S/C15H17FN2S/c16-15-8-13(4-3-11(15)9-17)18(12-5-6-12)10-14-2-1-7-19-14/h1-4,7-8,12H,5-6,9-10,17H2. The average molecular weight is 276 g/mol. The lowest BCUT2D eigenvalue weighted by Gasteiger charge is -2.24. The van der Waals surface area contributed by atoms with E-state index in [2.05, 4.69) is 22.4 Å². The molecule has 3 rings (SSSR count). The molecule has 0 radical (unpaired) electrons. The van der Waals surface area contributed by atoms with Crippen molar-refractivity contribution in [3.63, 3.8) is 0 Å².